The lowest BCUT2D eigenvalue weighted by Gasteiger charge is -2.36. The van der Waals surface area contributed by atoms with Gasteiger partial charge in [-0.15, -0.1) is 0 Å². The van der Waals surface area contributed by atoms with Crippen molar-refractivity contribution in [3.8, 4) is 11.5 Å². The van der Waals surface area contributed by atoms with E-state index in [4.69, 9.17) is 23.7 Å². The van der Waals surface area contributed by atoms with Gasteiger partial charge in [-0.05, 0) is 62.6 Å². The van der Waals surface area contributed by atoms with Gasteiger partial charge in [0.25, 0.3) is 0 Å². The summed E-state index contributed by atoms with van der Waals surface area (Å²) in [6.07, 6.45) is -0.376. The summed E-state index contributed by atoms with van der Waals surface area (Å²) in [4.78, 5) is 43.3. The van der Waals surface area contributed by atoms with Crippen LogP contribution in [0, 0.1) is 6.92 Å². The van der Waals surface area contributed by atoms with Crippen LogP contribution in [-0.2, 0) is 36.8 Å². The van der Waals surface area contributed by atoms with Gasteiger partial charge in [0, 0.05) is 12.2 Å². The van der Waals surface area contributed by atoms with Crippen molar-refractivity contribution in [1.82, 2.24) is 9.88 Å². The van der Waals surface area contributed by atoms with Crippen LogP contribution in [-0.4, -0.2) is 61.4 Å². The van der Waals surface area contributed by atoms with Crippen molar-refractivity contribution in [2.75, 3.05) is 27.9 Å². The van der Waals surface area contributed by atoms with E-state index in [1.54, 1.807) is 19.2 Å². The molecule has 1 aliphatic rings. The lowest BCUT2D eigenvalue weighted by Crippen LogP contribution is -2.48. The van der Waals surface area contributed by atoms with Crippen molar-refractivity contribution in [3.63, 3.8) is 0 Å². The molecule has 0 saturated heterocycles. The van der Waals surface area contributed by atoms with Crippen LogP contribution >= 0.6 is 0 Å². The maximum atomic E-state index is 12.9. The van der Waals surface area contributed by atoms with Crippen LogP contribution in [0.15, 0.2) is 30.3 Å². The predicted molar refractivity (Wildman–Crippen MR) is 124 cm³/mol. The summed E-state index contributed by atoms with van der Waals surface area (Å²) in [6, 6.07) is 7.93. The van der Waals surface area contributed by atoms with Crippen LogP contribution in [0.2, 0.25) is 0 Å². The van der Waals surface area contributed by atoms with Crippen LogP contribution in [0.4, 0.5) is 4.79 Å². The molecule has 10 nitrogen and oxygen atoms in total. The molecule has 0 saturated carbocycles. The lowest BCUT2D eigenvalue weighted by molar-refractivity contribution is -0.160. The first-order valence-corrected chi connectivity index (χ1v) is 11.0. The first-order valence-electron chi connectivity index (χ1n) is 11.0. The number of esters is 2. The third-order valence-corrected chi connectivity index (χ3v) is 5.69. The molecule has 1 unspecified atom stereocenters. The minimum atomic E-state index is -1.52. The number of methoxy groups -OCH3 is 3. The summed E-state index contributed by atoms with van der Waals surface area (Å²) in [5, 5.41) is 0. The number of ether oxygens (including phenoxy) is 5. The van der Waals surface area contributed by atoms with E-state index >= 15 is 0 Å². The molecule has 1 aromatic heterocycles. The van der Waals surface area contributed by atoms with Gasteiger partial charge in [0.15, 0.2) is 6.04 Å². The topological polar surface area (TPSA) is 113 Å². The average Bonchev–Trinajstić information content (AvgIpc) is 2.85. The molecule has 3 rings (SSSR count). The lowest BCUT2D eigenvalue weighted by atomic mass is 9.92. The number of hydrogen-bond acceptors (Lipinski definition) is 9. The molecule has 0 aliphatic carbocycles. The Labute approximate surface area is 204 Å². The summed E-state index contributed by atoms with van der Waals surface area (Å²) in [6.45, 7) is 5.11. The van der Waals surface area contributed by atoms with Gasteiger partial charge >= 0.3 is 18.0 Å². The van der Waals surface area contributed by atoms with Crippen LogP contribution < -0.4 is 9.47 Å². The van der Waals surface area contributed by atoms with Crippen molar-refractivity contribution in [3.05, 3.63) is 52.8 Å². The Hall–Kier alpha value is -3.82. The number of nitrogens with zero attached hydrogens (tertiary/aromatic N) is 2. The minimum absolute atomic E-state index is 0.180. The number of amides is 1. The highest BCUT2D eigenvalue weighted by Crippen LogP contribution is 2.34. The van der Waals surface area contributed by atoms with Crippen LogP contribution in [0.1, 0.15) is 42.4 Å². The van der Waals surface area contributed by atoms with E-state index in [2.05, 4.69) is 4.98 Å². The minimum Gasteiger partial charge on any atom is -0.495 e. The van der Waals surface area contributed by atoms with Gasteiger partial charge in [0.1, 0.15) is 23.8 Å². The van der Waals surface area contributed by atoms with Crippen molar-refractivity contribution in [2.24, 2.45) is 0 Å². The number of benzene rings is 1. The zero-order valence-corrected chi connectivity index (χ0v) is 20.7. The summed E-state index contributed by atoms with van der Waals surface area (Å²) in [5.74, 6) is -0.121. The molecular formula is C25H30N2O8. The van der Waals surface area contributed by atoms with Gasteiger partial charge in [0.05, 0.1) is 21.3 Å². The second-order valence-corrected chi connectivity index (χ2v) is 8.49. The number of aromatic nitrogens is 1. The number of aryl methyl sites for hydroxylation is 1. The van der Waals surface area contributed by atoms with Gasteiger partial charge < -0.3 is 23.7 Å². The molecule has 2 heterocycles. The first-order chi connectivity index (χ1) is 16.6. The summed E-state index contributed by atoms with van der Waals surface area (Å²) < 4.78 is 26.3. The first kappa shape index (κ1) is 25.8. The molecule has 10 heteroatoms. The fourth-order valence-corrected chi connectivity index (χ4v) is 3.86. The number of fused-ring (bicyclic) bond motifs is 1. The largest absolute Gasteiger partial charge is 0.495 e. The SMILES string of the molecule is COC(=O)C1c2ccc(OCc3nc(C)ccc3OC)cc2CCN1C(=O)OC(C)(C)C(=O)OC. The van der Waals surface area contributed by atoms with Crippen LogP contribution in [0.3, 0.4) is 0 Å². The highest BCUT2D eigenvalue weighted by Gasteiger charge is 2.41. The molecule has 1 aliphatic heterocycles. The van der Waals surface area contributed by atoms with E-state index in [0.29, 0.717) is 29.2 Å². The third-order valence-electron chi connectivity index (χ3n) is 5.69. The number of rotatable bonds is 7. The van der Waals surface area contributed by atoms with E-state index in [9.17, 15) is 14.4 Å². The molecule has 0 radical (unpaired) electrons. The smallest absolute Gasteiger partial charge is 0.411 e. The third kappa shape index (κ3) is 5.64. The Morgan fingerprint density at radius 3 is 2.49 bits per heavy atom. The quantitative estimate of drug-likeness (QED) is 0.430. The second kappa shape index (κ2) is 10.6. The van der Waals surface area contributed by atoms with Crippen LogP contribution in [0.5, 0.6) is 11.5 Å². The summed E-state index contributed by atoms with van der Waals surface area (Å²) in [5.41, 5.74) is 1.42. The molecule has 1 aromatic carbocycles. The van der Waals surface area contributed by atoms with Crippen molar-refractivity contribution in [2.45, 2.75) is 45.4 Å². The van der Waals surface area contributed by atoms with E-state index in [0.717, 1.165) is 11.3 Å². The van der Waals surface area contributed by atoms with Crippen molar-refractivity contribution in [1.29, 1.82) is 0 Å². The Morgan fingerprint density at radius 1 is 1.09 bits per heavy atom. The Morgan fingerprint density at radius 2 is 1.83 bits per heavy atom. The molecule has 188 valence electrons. The zero-order chi connectivity index (χ0) is 25.8. The fraction of sp³-hybridized carbons (Fsp3) is 0.440. The molecule has 2 aromatic rings. The molecule has 1 atom stereocenters. The molecule has 0 spiro atoms. The monoisotopic (exact) mass is 486 g/mol. The van der Waals surface area contributed by atoms with E-state index in [1.807, 2.05) is 25.1 Å². The Kier molecular flexibility index (Phi) is 7.83. The second-order valence-electron chi connectivity index (χ2n) is 8.49. The predicted octanol–water partition coefficient (Wildman–Crippen LogP) is 3.14. The number of hydrogen-bond donors (Lipinski definition) is 0. The molecule has 0 N–H and O–H groups in total. The van der Waals surface area contributed by atoms with Crippen molar-refractivity contribution >= 4 is 18.0 Å². The zero-order valence-electron chi connectivity index (χ0n) is 20.7. The normalized spacial score (nSPS) is 15.0. The van der Waals surface area contributed by atoms with Gasteiger partial charge in [-0.25, -0.2) is 14.4 Å². The van der Waals surface area contributed by atoms with Gasteiger partial charge in [-0.3, -0.25) is 9.88 Å². The molecule has 35 heavy (non-hydrogen) atoms. The number of carbonyl (C=O) groups is 3. The highest BCUT2D eigenvalue weighted by molar-refractivity contribution is 5.86. The van der Waals surface area contributed by atoms with Gasteiger partial charge in [-0.2, -0.15) is 0 Å². The molecule has 0 fully saturated rings. The fourth-order valence-electron chi connectivity index (χ4n) is 3.86. The standard InChI is InChI=1S/C25H30N2O8/c1-15-7-10-20(31-4)19(26-15)14-34-17-8-9-18-16(13-17)11-12-27(21(18)22(28)32-5)24(30)35-25(2,3)23(29)33-6/h7-10,13,21H,11-12,14H2,1-6H3. The van der Waals surface area contributed by atoms with E-state index in [-0.39, 0.29) is 13.2 Å². The molecular weight excluding hydrogens is 456 g/mol. The average molecular weight is 487 g/mol. The number of pyridine rings is 1. The van der Waals surface area contributed by atoms with Gasteiger partial charge in [-0.1, -0.05) is 6.07 Å². The summed E-state index contributed by atoms with van der Waals surface area (Å²) >= 11 is 0. The van der Waals surface area contributed by atoms with Crippen molar-refractivity contribution < 1.29 is 38.1 Å². The highest BCUT2D eigenvalue weighted by atomic mass is 16.6. The number of carbonyl (C=O) groups excluding carboxylic acids is 3. The Bertz CT molecular complexity index is 1110. The van der Waals surface area contributed by atoms with Gasteiger partial charge in [0.2, 0.25) is 5.60 Å². The molecule has 0 bridgehead atoms. The van der Waals surface area contributed by atoms with Crippen LogP contribution in [0.25, 0.3) is 0 Å². The maximum absolute atomic E-state index is 12.9. The van der Waals surface area contributed by atoms with E-state index in [1.165, 1.54) is 33.0 Å². The Balaban J connectivity index is 1.82. The van der Waals surface area contributed by atoms with E-state index < -0.39 is 29.7 Å². The summed E-state index contributed by atoms with van der Waals surface area (Å²) in [7, 11) is 4.03. The molecule has 1 amide bonds. The maximum Gasteiger partial charge on any atom is 0.411 e.